The van der Waals surface area contributed by atoms with Gasteiger partial charge in [0.25, 0.3) is 0 Å². The van der Waals surface area contributed by atoms with Crippen molar-refractivity contribution < 1.29 is 19.4 Å². The number of Topliss-reactive ketones (excluding diaryl/α,β-unsaturated/α-hetero) is 1. The van der Waals surface area contributed by atoms with Gasteiger partial charge in [0.1, 0.15) is 5.75 Å². The molecule has 4 heteroatoms. The molecule has 1 N–H and O–H groups in total. The Labute approximate surface area is 221 Å². The number of benzene rings is 3. The third kappa shape index (κ3) is 9.38. The zero-order chi connectivity index (χ0) is 26.5. The van der Waals surface area contributed by atoms with Gasteiger partial charge < -0.3 is 9.84 Å². The Kier molecular flexibility index (Phi) is 11.2. The minimum Gasteiger partial charge on any atom is -0.493 e. The minimum atomic E-state index is -0.914. The highest BCUT2D eigenvalue weighted by molar-refractivity contribution is 5.94. The summed E-state index contributed by atoms with van der Waals surface area (Å²) in [5, 5.41) is 9.22. The van der Waals surface area contributed by atoms with Crippen LogP contribution >= 0.6 is 0 Å². The van der Waals surface area contributed by atoms with Crippen LogP contribution < -0.4 is 4.74 Å². The fourth-order valence-corrected chi connectivity index (χ4v) is 4.31. The molecule has 0 saturated heterocycles. The molecule has 0 aliphatic carbocycles. The highest BCUT2D eigenvalue weighted by Crippen LogP contribution is 2.24. The second-order valence-electron chi connectivity index (χ2n) is 9.56. The molecule has 0 bridgehead atoms. The van der Waals surface area contributed by atoms with Gasteiger partial charge >= 0.3 is 5.97 Å². The second-order valence-corrected chi connectivity index (χ2v) is 9.56. The largest absolute Gasteiger partial charge is 0.493 e. The van der Waals surface area contributed by atoms with Crippen molar-refractivity contribution in [2.45, 2.75) is 58.8 Å². The fraction of sp³-hybridized carbons (Fsp3) is 0.333. The average molecular weight is 499 g/mol. The number of unbranched alkanes of at least 4 members (excludes halogenated alkanes) is 3. The van der Waals surface area contributed by atoms with Crippen LogP contribution in [0.4, 0.5) is 0 Å². The molecule has 3 aromatic carbocycles. The molecule has 0 aliphatic heterocycles. The van der Waals surface area contributed by atoms with Gasteiger partial charge in [0, 0.05) is 11.1 Å². The number of carbonyl (C=O) groups is 2. The molecular formula is C33H38O4. The SMILES string of the molecule is CCCCCCOc1ccccc1/C=C/C(CCc1ccc(C(C)=O)cc1)Cc1ccc(C(=O)O)cc1. The highest BCUT2D eigenvalue weighted by atomic mass is 16.5. The van der Waals surface area contributed by atoms with E-state index in [1.54, 1.807) is 19.1 Å². The van der Waals surface area contributed by atoms with Gasteiger partial charge in [-0.2, -0.15) is 0 Å². The third-order valence-corrected chi connectivity index (χ3v) is 6.59. The molecule has 1 atom stereocenters. The molecular weight excluding hydrogens is 460 g/mol. The third-order valence-electron chi connectivity index (χ3n) is 6.59. The summed E-state index contributed by atoms with van der Waals surface area (Å²) in [4.78, 5) is 22.8. The normalized spacial score (nSPS) is 11.9. The van der Waals surface area contributed by atoms with E-state index in [1.807, 2.05) is 54.6 Å². The summed E-state index contributed by atoms with van der Waals surface area (Å²) in [6.07, 6.45) is 11.7. The molecule has 0 aromatic heterocycles. The zero-order valence-electron chi connectivity index (χ0n) is 22.0. The van der Waals surface area contributed by atoms with Gasteiger partial charge in [0.15, 0.2) is 5.78 Å². The van der Waals surface area contributed by atoms with Crippen molar-refractivity contribution in [1.82, 2.24) is 0 Å². The van der Waals surface area contributed by atoms with Crippen molar-refractivity contribution in [2.24, 2.45) is 5.92 Å². The zero-order valence-corrected chi connectivity index (χ0v) is 22.0. The maximum atomic E-state index is 11.6. The number of hydrogen-bond acceptors (Lipinski definition) is 3. The van der Waals surface area contributed by atoms with Gasteiger partial charge in [-0.15, -0.1) is 0 Å². The van der Waals surface area contributed by atoms with Crippen LogP contribution in [0.15, 0.2) is 78.9 Å². The lowest BCUT2D eigenvalue weighted by Crippen LogP contribution is -2.05. The Morgan fingerprint density at radius 2 is 1.54 bits per heavy atom. The summed E-state index contributed by atoms with van der Waals surface area (Å²) in [6, 6.07) is 23.1. The standard InChI is InChI=1S/C33H38O4/c1-3-4-5-8-23-37-32-10-7-6-9-30(32)20-15-27(24-28-16-21-31(22-17-28)33(35)36)12-11-26-13-18-29(19-14-26)25(2)34/h6-7,9-10,13-22,27H,3-5,8,11-12,23-24H2,1-2H3,(H,35,36)/b20-15+. The smallest absolute Gasteiger partial charge is 0.335 e. The maximum absolute atomic E-state index is 11.6. The van der Waals surface area contributed by atoms with Crippen LogP contribution in [-0.2, 0) is 12.8 Å². The number of ether oxygens (including phenoxy) is 1. The average Bonchev–Trinajstić information content (AvgIpc) is 2.91. The van der Waals surface area contributed by atoms with Crippen molar-refractivity contribution in [1.29, 1.82) is 0 Å². The number of carboxylic acid groups (broad SMARTS) is 1. The molecule has 194 valence electrons. The second kappa shape index (κ2) is 14.8. The molecule has 4 nitrogen and oxygen atoms in total. The topological polar surface area (TPSA) is 63.6 Å². The van der Waals surface area contributed by atoms with E-state index in [2.05, 4.69) is 25.1 Å². The predicted molar refractivity (Wildman–Crippen MR) is 150 cm³/mol. The molecule has 0 radical (unpaired) electrons. The van der Waals surface area contributed by atoms with Crippen LogP contribution in [0.1, 0.15) is 83.4 Å². The number of ketones is 1. The number of rotatable bonds is 15. The van der Waals surface area contributed by atoms with Gasteiger partial charge in [0.05, 0.1) is 12.2 Å². The van der Waals surface area contributed by atoms with Crippen molar-refractivity contribution in [3.63, 3.8) is 0 Å². The first-order chi connectivity index (χ1) is 18.0. The van der Waals surface area contributed by atoms with Crippen LogP contribution in [0.2, 0.25) is 0 Å². The van der Waals surface area contributed by atoms with E-state index in [9.17, 15) is 14.7 Å². The Balaban J connectivity index is 1.73. The predicted octanol–water partition coefficient (Wildman–Crippen LogP) is 8.05. The van der Waals surface area contributed by atoms with Crippen molar-refractivity contribution in [3.05, 3.63) is 107 Å². The summed E-state index contributed by atoms with van der Waals surface area (Å²) in [7, 11) is 0. The molecule has 0 saturated carbocycles. The van der Waals surface area contributed by atoms with Crippen molar-refractivity contribution in [2.75, 3.05) is 6.61 Å². The van der Waals surface area contributed by atoms with Gasteiger partial charge in [-0.3, -0.25) is 4.79 Å². The minimum absolute atomic E-state index is 0.0726. The molecule has 3 aromatic rings. The van der Waals surface area contributed by atoms with E-state index >= 15 is 0 Å². The van der Waals surface area contributed by atoms with Crippen LogP contribution in [0.25, 0.3) is 6.08 Å². The van der Waals surface area contributed by atoms with E-state index in [0.29, 0.717) is 5.56 Å². The lowest BCUT2D eigenvalue weighted by molar-refractivity contribution is 0.0696. The van der Waals surface area contributed by atoms with E-state index in [-0.39, 0.29) is 11.7 Å². The molecule has 0 aliphatic rings. The molecule has 0 amide bonds. The summed E-state index contributed by atoms with van der Waals surface area (Å²) in [5.74, 6) is 0.312. The maximum Gasteiger partial charge on any atom is 0.335 e. The van der Waals surface area contributed by atoms with E-state index in [4.69, 9.17) is 4.74 Å². The molecule has 1 unspecified atom stereocenters. The fourth-order valence-electron chi connectivity index (χ4n) is 4.31. The molecule has 0 heterocycles. The summed E-state index contributed by atoms with van der Waals surface area (Å²) < 4.78 is 6.10. The quantitative estimate of drug-likeness (QED) is 0.170. The number of hydrogen-bond donors (Lipinski definition) is 1. The lowest BCUT2D eigenvalue weighted by Gasteiger charge is -2.15. The monoisotopic (exact) mass is 498 g/mol. The molecule has 0 spiro atoms. The van der Waals surface area contributed by atoms with Gasteiger partial charge in [-0.25, -0.2) is 4.79 Å². The van der Waals surface area contributed by atoms with Gasteiger partial charge in [0.2, 0.25) is 0 Å². The van der Waals surface area contributed by atoms with Crippen LogP contribution in [-0.4, -0.2) is 23.5 Å². The van der Waals surface area contributed by atoms with Gasteiger partial charge in [-0.05, 0) is 67.9 Å². The number of carboxylic acids is 1. The van der Waals surface area contributed by atoms with Crippen LogP contribution in [0, 0.1) is 5.92 Å². The summed E-state index contributed by atoms with van der Waals surface area (Å²) in [6.45, 7) is 4.51. The Hall–Kier alpha value is -3.66. The van der Waals surface area contributed by atoms with E-state index < -0.39 is 5.97 Å². The van der Waals surface area contributed by atoms with Crippen LogP contribution in [0.5, 0.6) is 5.75 Å². The van der Waals surface area contributed by atoms with Gasteiger partial charge in [-0.1, -0.05) is 92.9 Å². The van der Waals surface area contributed by atoms with Crippen LogP contribution in [0.3, 0.4) is 0 Å². The summed E-state index contributed by atoms with van der Waals surface area (Å²) in [5.41, 5.74) is 4.39. The first kappa shape index (κ1) is 27.9. The number of carbonyl (C=O) groups excluding carboxylic acids is 1. The summed E-state index contributed by atoms with van der Waals surface area (Å²) >= 11 is 0. The molecule has 0 fully saturated rings. The van der Waals surface area contributed by atoms with E-state index in [0.717, 1.165) is 54.7 Å². The first-order valence-electron chi connectivity index (χ1n) is 13.3. The number of aromatic carboxylic acids is 1. The number of para-hydroxylation sites is 1. The molecule has 37 heavy (non-hydrogen) atoms. The Bertz CT molecular complexity index is 1160. The number of allylic oxidation sites excluding steroid dienone is 1. The highest BCUT2D eigenvalue weighted by Gasteiger charge is 2.10. The lowest BCUT2D eigenvalue weighted by atomic mass is 9.91. The van der Waals surface area contributed by atoms with Crippen molar-refractivity contribution >= 4 is 17.8 Å². The van der Waals surface area contributed by atoms with E-state index in [1.165, 1.54) is 24.8 Å². The van der Waals surface area contributed by atoms with Crippen molar-refractivity contribution in [3.8, 4) is 5.75 Å². The Morgan fingerprint density at radius 1 is 0.865 bits per heavy atom. The molecule has 3 rings (SSSR count). The Morgan fingerprint density at radius 3 is 2.22 bits per heavy atom. The number of aryl methyl sites for hydroxylation is 1. The first-order valence-corrected chi connectivity index (χ1v) is 13.3.